The molecule has 0 aliphatic carbocycles. The van der Waals surface area contributed by atoms with Gasteiger partial charge < -0.3 is 14.9 Å². The largest absolute Gasteiger partial charge is 0.478 e. The third kappa shape index (κ3) is 2.90. The number of ether oxygens (including phenoxy) is 1. The summed E-state index contributed by atoms with van der Waals surface area (Å²) in [6.45, 7) is -1.82. The third-order valence-corrected chi connectivity index (χ3v) is 2.00. The smallest absolute Gasteiger partial charge is 0.387 e. The van der Waals surface area contributed by atoms with Gasteiger partial charge in [-0.1, -0.05) is 0 Å². The Balaban J connectivity index is 3.35. The fraction of sp³-hybridized carbons (Fsp3) is 0.200. The van der Waals surface area contributed by atoms with Crippen LogP contribution in [0.1, 0.15) is 26.3 Å². The van der Waals surface area contributed by atoms with Crippen molar-refractivity contribution < 1.29 is 33.3 Å². The highest BCUT2D eigenvalue weighted by Crippen LogP contribution is 2.25. The summed E-state index contributed by atoms with van der Waals surface area (Å²) in [5.74, 6) is -3.44. The lowest BCUT2D eigenvalue weighted by molar-refractivity contribution is -0.0503. The Bertz CT molecular complexity index is 470. The minimum atomic E-state index is -3.18. The van der Waals surface area contributed by atoms with Gasteiger partial charge in [-0.05, 0) is 24.6 Å². The van der Waals surface area contributed by atoms with E-state index in [1.54, 1.807) is 0 Å². The van der Waals surface area contributed by atoms with Crippen molar-refractivity contribution in [1.82, 2.24) is 0 Å². The molecule has 0 aliphatic rings. The highest BCUT2D eigenvalue weighted by Gasteiger charge is 2.19. The van der Waals surface area contributed by atoms with E-state index in [4.69, 9.17) is 10.2 Å². The van der Waals surface area contributed by atoms with E-state index in [1.165, 1.54) is 6.92 Å². The van der Waals surface area contributed by atoms with Gasteiger partial charge in [-0.3, -0.25) is 0 Å². The summed E-state index contributed by atoms with van der Waals surface area (Å²) in [5, 5.41) is 17.5. The maximum absolute atomic E-state index is 12.0. The molecule has 2 N–H and O–H groups in total. The summed E-state index contributed by atoms with van der Waals surface area (Å²) in [6, 6.07) is 1.75. The van der Waals surface area contributed by atoms with E-state index in [0.717, 1.165) is 12.1 Å². The molecule has 1 aromatic rings. The van der Waals surface area contributed by atoms with E-state index >= 15 is 0 Å². The van der Waals surface area contributed by atoms with Crippen LogP contribution in [0.25, 0.3) is 0 Å². The maximum Gasteiger partial charge on any atom is 0.387 e. The molecule has 17 heavy (non-hydrogen) atoms. The Kier molecular flexibility index (Phi) is 3.62. The van der Waals surface area contributed by atoms with Crippen LogP contribution in [0.15, 0.2) is 12.1 Å². The first-order valence-corrected chi connectivity index (χ1v) is 4.39. The molecular formula is C10H8F2O5. The van der Waals surface area contributed by atoms with Gasteiger partial charge in [0.25, 0.3) is 0 Å². The van der Waals surface area contributed by atoms with E-state index in [-0.39, 0.29) is 11.1 Å². The van der Waals surface area contributed by atoms with Crippen LogP contribution in [0.4, 0.5) is 8.78 Å². The first-order chi connectivity index (χ1) is 7.82. The average Bonchev–Trinajstić information content (AvgIpc) is 2.15. The molecule has 0 heterocycles. The van der Waals surface area contributed by atoms with Gasteiger partial charge >= 0.3 is 18.6 Å². The molecule has 0 unspecified atom stereocenters. The number of carboxylic acid groups (broad SMARTS) is 2. The van der Waals surface area contributed by atoms with Gasteiger partial charge in [-0.25, -0.2) is 9.59 Å². The first kappa shape index (κ1) is 12.9. The standard InChI is InChI=1S/C10H8F2O5/c1-4-2-7(17-10(11)12)6(9(15)16)3-5(4)8(13)14/h2-3,10H,1H3,(H,13,14)(H,15,16). The maximum atomic E-state index is 12.0. The zero-order valence-electron chi connectivity index (χ0n) is 8.61. The number of aromatic carboxylic acids is 2. The van der Waals surface area contributed by atoms with Crippen molar-refractivity contribution in [1.29, 1.82) is 0 Å². The van der Waals surface area contributed by atoms with Gasteiger partial charge in [-0.2, -0.15) is 8.78 Å². The molecule has 1 rings (SSSR count). The minimum absolute atomic E-state index is 0.137. The first-order valence-electron chi connectivity index (χ1n) is 4.39. The van der Waals surface area contributed by atoms with Crippen LogP contribution in [-0.2, 0) is 0 Å². The predicted octanol–water partition coefficient (Wildman–Crippen LogP) is 1.99. The lowest BCUT2D eigenvalue weighted by atomic mass is 10.0. The number of carboxylic acids is 2. The number of hydrogen-bond acceptors (Lipinski definition) is 3. The summed E-state index contributed by atoms with van der Waals surface area (Å²) >= 11 is 0. The van der Waals surface area contributed by atoms with Gasteiger partial charge in [0.2, 0.25) is 0 Å². The Morgan fingerprint density at radius 2 is 1.71 bits per heavy atom. The van der Waals surface area contributed by atoms with Gasteiger partial charge in [0.15, 0.2) is 0 Å². The lowest BCUT2D eigenvalue weighted by Crippen LogP contribution is -2.10. The Morgan fingerprint density at radius 1 is 1.18 bits per heavy atom. The Hall–Kier alpha value is -2.18. The van der Waals surface area contributed by atoms with Gasteiger partial charge in [-0.15, -0.1) is 0 Å². The molecule has 5 nitrogen and oxygen atoms in total. The molecule has 0 atom stereocenters. The molecule has 0 bridgehead atoms. The highest BCUT2D eigenvalue weighted by atomic mass is 19.3. The number of halogens is 2. The quantitative estimate of drug-likeness (QED) is 0.848. The molecule has 0 saturated heterocycles. The summed E-state index contributed by atoms with van der Waals surface area (Å²) < 4.78 is 28.1. The average molecular weight is 246 g/mol. The Labute approximate surface area is 94.2 Å². The van der Waals surface area contributed by atoms with E-state index < -0.39 is 29.9 Å². The normalized spacial score (nSPS) is 10.4. The number of carbonyl (C=O) groups is 2. The van der Waals surface area contributed by atoms with Crippen LogP contribution in [0, 0.1) is 6.92 Å². The molecule has 0 amide bonds. The van der Waals surface area contributed by atoms with E-state index in [9.17, 15) is 18.4 Å². The van der Waals surface area contributed by atoms with E-state index in [0.29, 0.717) is 0 Å². The molecule has 0 fully saturated rings. The number of benzene rings is 1. The molecule has 1 aromatic carbocycles. The number of hydrogen-bond donors (Lipinski definition) is 2. The number of aryl methyl sites for hydroxylation is 1. The van der Waals surface area contributed by atoms with Crippen molar-refractivity contribution in [2.24, 2.45) is 0 Å². The van der Waals surface area contributed by atoms with Crippen molar-refractivity contribution in [3.63, 3.8) is 0 Å². The summed E-state index contributed by atoms with van der Waals surface area (Å²) in [7, 11) is 0. The molecular weight excluding hydrogens is 238 g/mol. The fourth-order valence-corrected chi connectivity index (χ4v) is 1.27. The number of rotatable bonds is 4. The molecule has 0 saturated carbocycles. The molecule has 7 heteroatoms. The predicted molar refractivity (Wildman–Crippen MR) is 51.7 cm³/mol. The number of alkyl halides is 2. The van der Waals surface area contributed by atoms with E-state index in [2.05, 4.69) is 4.74 Å². The van der Waals surface area contributed by atoms with Crippen LogP contribution in [0.2, 0.25) is 0 Å². The monoisotopic (exact) mass is 246 g/mol. The SMILES string of the molecule is Cc1cc(OC(F)F)c(C(=O)O)cc1C(=O)O. The summed E-state index contributed by atoms with van der Waals surface area (Å²) in [5.41, 5.74) is -0.754. The van der Waals surface area contributed by atoms with Crippen molar-refractivity contribution in [3.05, 3.63) is 28.8 Å². The van der Waals surface area contributed by atoms with Gasteiger partial charge in [0.1, 0.15) is 11.3 Å². The molecule has 0 aromatic heterocycles. The minimum Gasteiger partial charge on any atom is -0.478 e. The van der Waals surface area contributed by atoms with Gasteiger partial charge in [0.05, 0.1) is 5.56 Å². The molecule has 0 aliphatic heterocycles. The van der Waals surface area contributed by atoms with Crippen LogP contribution < -0.4 is 4.74 Å². The second kappa shape index (κ2) is 4.77. The van der Waals surface area contributed by atoms with Gasteiger partial charge in [0, 0.05) is 0 Å². The lowest BCUT2D eigenvalue weighted by Gasteiger charge is -2.10. The zero-order valence-corrected chi connectivity index (χ0v) is 8.61. The van der Waals surface area contributed by atoms with Crippen LogP contribution in [-0.4, -0.2) is 28.8 Å². The van der Waals surface area contributed by atoms with Crippen LogP contribution in [0.3, 0.4) is 0 Å². The molecule has 0 spiro atoms. The summed E-state index contributed by atoms with van der Waals surface area (Å²) in [4.78, 5) is 21.5. The van der Waals surface area contributed by atoms with Crippen molar-refractivity contribution in [2.45, 2.75) is 13.5 Å². The van der Waals surface area contributed by atoms with E-state index in [1.807, 2.05) is 0 Å². The third-order valence-electron chi connectivity index (χ3n) is 2.00. The molecule has 0 radical (unpaired) electrons. The highest BCUT2D eigenvalue weighted by molar-refractivity contribution is 5.96. The molecule has 92 valence electrons. The second-order valence-electron chi connectivity index (χ2n) is 3.15. The second-order valence-corrected chi connectivity index (χ2v) is 3.15. The Morgan fingerprint density at radius 3 is 2.12 bits per heavy atom. The topological polar surface area (TPSA) is 83.8 Å². The zero-order chi connectivity index (χ0) is 13.2. The fourth-order valence-electron chi connectivity index (χ4n) is 1.27. The summed E-state index contributed by atoms with van der Waals surface area (Å²) in [6.07, 6.45) is 0. The van der Waals surface area contributed by atoms with Crippen molar-refractivity contribution >= 4 is 11.9 Å². The van der Waals surface area contributed by atoms with Crippen LogP contribution >= 0.6 is 0 Å². The van der Waals surface area contributed by atoms with Crippen molar-refractivity contribution in [2.75, 3.05) is 0 Å². The van der Waals surface area contributed by atoms with Crippen molar-refractivity contribution in [3.8, 4) is 5.75 Å². The van der Waals surface area contributed by atoms with Crippen LogP contribution in [0.5, 0.6) is 5.75 Å².